The molecule has 1 aliphatic heterocycles. The molecular weight excluding hydrogens is 214 g/mol. The first-order valence-electron chi connectivity index (χ1n) is 5.74. The Bertz CT molecular complexity index is 464. The zero-order valence-electron chi connectivity index (χ0n) is 9.60. The molecule has 2 N–H and O–H groups in total. The normalized spacial score (nSPS) is 20.1. The van der Waals surface area contributed by atoms with Gasteiger partial charge in [-0.15, -0.1) is 0 Å². The Balaban J connectivity index is 2.15. The molecule has 17 heavy (non-hydrogen) atoms. The molecule has 1 aromatic carbocycles. The van der Waals surface area contributed by atoms with Crippen LogP contribution in [0.15, 0.2) is 24.3 Å². The third kappa shape index (κ3) is 2.45. The molecule has 0 aliphatic carbocycles. The second kappa shape index (κ2) is 4.98. The maximum atomic E-state index is 11.8. The largest absolute Gasteiger partial charge is 0.337 e. The van der Waals surface area contributed by atoms with Gasteiger partial charge in [0.05, 0.1) is 17.7 Å². The molecule has 4 heteroatoms. The fourth-order valence-corrected chi connectivity index (χ4v) is 2.10. The minimum atomic E-state index is -0.377. The fourth-order valence-electron chi connectivity index (χ4n) is 2.10. The lowest BCUT2D eigenvalue weighted by Crippen LogP contribution is -2.47. The van der Waals surface area contributed by atoms with Crippen molar-refractivity contribution in [2.75, 3.05) is 6.54 Å². The summed E-state index contributed by atoms with van der Waals surface area (Å²) >= 11 is 0. The van der Waals surface area contributed by atoms with Crippen LogP contribution >= 0.6 is 0 Å². The highest BCUT2D eigenvalue weighted by Crippen LogP contribution is 2.16. The number of rotatable bonds is 2. The average Bonchev–Trinajstić information content (AvgIpc) is 2.35. The maximum absolute atomic E-state index is 11.8. The van der Waals surface area contributed by atoms with Crippen molar-refractivity contribution in [3.8, 4) is 6.07 Å². The maximum Gasteiger partial charge on any atom is 0.239 e. The number of likely N-dealkylation sites (tertiary alicyclic amines) is 1. The number of hydrogen-bond donors (Lipinski definition) is 1. The predicted octanol–water partition coefficient (Wildman–Crippen LogP) is 1.01. The van der Waals surface area contributed by atoms with Crippen molar-refractivity contribution in [2.24, 2.45) is 5.73 Å². The summed E-state index contributed by atoms with van der Waals surface area (Å²) in [7, 11) is 0. The van der Waals surface area contributed by atoms with E-state index in [4.69, 9.17) is 11.0 Å². The van der Waals surface area contributed by atoms with Gasteiger partial charge in [-0.1, -0.05) is 18.2 Å². The van der Waals surface area contributed by atoms with Crippen LogP contribution in [0.5, 0.6) is 0 Å². The van der Waals surface area contributed by atoms with Crippen LogP contribution in [0.1, 0.15) is 24.0 Å². The van der Waals surface area contributed by atoms with Gasteiger partial charge in [0.25, 0.3) is 0 Å². The fraction of sp³-hybridized carbons (Fsp3) is 0.385. The molecule has 0 saturated carbocycles. The smallest absolute Gasteiger partial charge is 0.239 e. The monoisotopic (exact) mass is 229 g/mol. The van der Waals surface area contributed by atoms with Crippen molar-refractivity contribution in [2.45, 2.75) is 25.4 Å². The molecule has 1 unspecified atom stereocenters. The van der Waals surface area contributed by atoms with E-state index in [1.54, 1.807) is 11.0 Å². The van der Waals surface area contributed by atoms with E-state index in [9.17, 15) is 4.79 Å². The van der Waals surface area contributed by atoms with Gasteiger partial charge in [-0.2, -0.15) is 5.26 Å². The molecule has 1 fully saturated rings. The van der Waals surface area contributed by atoms with Crippen LogP contribution in [-0.4, -0.2) is 23.4 Å². The van der Waals surface area contributed by atoms with E-state index in [1.807, 2.05) is 18.2 Å². The molecule has 1 heterocycles. The highest BCUT2D eigenvalue weighted by atomic mass is 16.2. The van der Waals surface area contributed by atoms with Crippen molar-refractivity contribution in [3.63, 3.8) is 0 Å². The van der Waals surface area contributed by atoms with E-state index in [1.165, 1.54) is 0 Å². The van der Waals surface area contributed by atoms with Crippen molar-refractivity contribution in [1.82, 2.24) is 4.90 Å². The van der Waals surface area contributed by atoms with Crippen LogP contribution in [0, 0.1) is 11.3 Å². The second-order valence-corrected chi connectivity index (χ2v) is 4.28. The Hall–Kier alpha value is -1.86. The number of benzene rings is 1. The topological polar surface area (TPSA) is 70.1 Å². The molecule has 1 amide bonds. The minimum absolute atomic E-state index is 0.0102. The van der Waals surface area contributed by atoms with E-state index in [0.29, 0.717) is 12.1 Å². The number of nitrogens with zero attached hydrogens (tertiary/aromatic N) is 2. The van der Waals surface area contributed by atoms with E-state index in [-0.39, 0.29) is 11.9 Å². The van der Waals surface area contributed by atoms with E-state index >= 15 is 0 Å². The van der Waals surface area contributed by atoms with Crippen LogP contribution in [-0.2, 0) is 11.3 Å². The number of carbonyl (C=O) groups is 1. The molecule has 4 nitrogen and oxygen atoms in total. The van der Waals surface area contributed by atoms with Gasteiger partial charge in [-0.25, -0.2) is 0 Å². The molecule has 0 bridgehead atoms. The third-order valence-corrected chi connectivity index (χ3v) is 3.07. The highest BCUT2D eigenvalue weighted by molar-refractivity contribution is 5.82. The van der Waals surface area contributed by atoms with Gasteiger partial charge in [0.15, 0.2) is 0 Å². The Morgan fingerprint density at radius 2 is 2.24 bits per heavy atom. The molecule has 1 aliphatic rings. The average molecular weight is 229 g/mol. The van der Waals surface area contributed by atoms with Crippen molar-refractivity contribution >= 4 is 5.91 Å². The molecule has 1 atom stereocenters. The molecule has 88 valence electrons. The summed E-state index contributed by atoms with van der Waals surface area (Å²) < 4.78 is 0. The summed E-state index contributed by atoms with van der Waals surface area (Å²) in [6.07, 6.45) is 1.69. The summed E-state index contributed by atoms with van der Waals surface area (Å²) in [5.74, 6) is -0.0102. The Morgan fingerprint density at radius 1 is 1.47 bits per heavy atom. The van der Waals surface area contributed by atoms with E-state index < -0.39 is 0 Å². The summed E-state index contributed by atoms with van der Waals surface area (Å²) in [5.41, 5.74) is 7.25. The van der Waals surface area contributed by atoms with Gasteiger partial charge in [-0.05, 0) is 24.5 Å². The predicted molar refractivity (Wildman–Crippen MR) is 63.8 cm³/mol. The summed E-state index contributed by atoms with van der Waals surface area (Å²) in [6.45, 7) is 1.21. The first-order valence-corrected chi connectivity index (χ1v) is 5.74. The van der Waals surface area contributed by atoms with Crippen LogP contribution in [0.2, 0.25) is 0 Å². The Morgan fingerprint density at radius 3 is 3.00 bits per heavy atom. The van der Waals surface area contributed by atoms with Gasteiger partial charge in [0, 0.05) is 13.1 Å². The molecule has 2 rings (SSSR count). The number of hydrogen-bond acceptors (Lipinski definition) is 3. The van der Waals surface area contributed by atoms with Crippen molar-refractivity contribution in [1.29, 1.82) is 5.26 Å². The van der Waals surface area contributed by atoms with Crippen LogP contribution in [0.4, 0.5) is 0 Å². The van der Waals surface area contributed by atoms with Gasteiger partial charge >= 0.3 is 0 Å². The van der Waals surface area contributed by atoms with E-state index in [2.05, 4.69) is 6.07 Å². The van der Waals surface area contributed by atoms with Crippen LogP contribution in [0.25, 0.3) is 0 Å². The first kappa shape index (κ1) is 11.6. The zero-order valence-corrected chi connectivity index (χ0v) is 9.60. The van der Waals surface area contributed by atoms with E-state index in [0.717, 1.165) is 24.9 Å². The number of piperidine rings is 1. The molecule has 1 saturated heterocycles. The van der Waals surface area contributed by atoms with Gasteiger partial charge in [-0.3, -0.25) is 4.79 Å². The summed E-state index contributed by atoms with van der Waals surface area (Å²) in [5, 5.41) is 8.99. The van der Waals surface area contributed by atoms with Crippen molar-refractivity contribution < 1.29 is 4.79 Å². The molecule has 0 aromatic heterocycles. The second-order valence-electron chi connectivity index (χ2n) is 4.28. The summed E-state index contributed by atoms with van der Waals surface area (Å²) in [6, 6.07) is 9.12. The number of amides is 1. The first-order chi connectivity index (χ1) is 8.22. The number of carbonyl (C=O) groups excluding carboxylic acids is 1. The Labute approximate surface area is 101 Å². The van der Waals surface area contributed by atoms with Gasteiger partial charge < -0.3 is 10.6 Å². The van der Waals surface area contributed by atoms with Crippen LogP contribution < -0.4 is 5.73 Å². The Kier molecular flexibility index (Phi) is 3.40. The zero-order chi connectivity index (χ0) is 12.3. The molecule has 0 spiro atoms. The van der Waals surface area contributed by atoms with Crippen LogP contribution in [0.3, 0.4) is 0 Å². The van der Waals surface area contributed by atoms with Crippen molar-refractivity contribution in [3.05, 3.63) is 35.4 Å². The minimum Gasteiger partial charge on any atom is -0.337 e. The highest BCUT2D eigenvalue weighted by Gasteiger charge is 2.25. The molecular formula is C13H15N3O. The van der Waals surface area contributed by atoms with Gasteiger partial charge in [0.2, 0.25) is 5.91 Å². The molecule has 0 radical (unpaired) electrons. The third-order valence-electron chi connectivity index (χ3n) is 3.07. The lowest BCUT2D eigenvalue weighted by Gasteiger charge is -2.30. The number of nitriles is 1. The lowest BCUT2D eigenvalue weighted by molar-refractivity contribution is -0.135. The standard InChI is InChI=1S/C13H15N3O/c14-8-10-4-1-2-5-11(10)9-16-7-3-6-12(15)13(16)17/h1-2,4-5,12H,3,6-7,9,15H2. The lowest BCUT2D eigenvalue weighted by atomic mass is 10.0. The number of nitrogens with two attached hydrogens (primary N) is 1. The quantitative estimate of drug-likeness (QED) is 0.822. The molecule has 1 aromatic rings. The van der Waals surface area contributed by atoms with Gasteiger partial charge in [0.1, 0.15) is 0 Å². The summed E-state index contributed by atoms with van der Waals surface area (Å²) in [4.78, 5) is 13.6. The SMILES string of the molecule is N#Cc1ccccc1CN1CCCC(N)C1=O.